The van der Waals surface area contributed by atoms with Gasteiger partial charge < -0.3 is 14.7 Å². The number of fused-ring (bicyclic) bond motifs is 1. The lowest BCUT2D eigenvalue weighted by atomic mass is 10.0. The SMILES string of the molecule is O=C(NCCCc1ccco1)c1ccc(-c2ccc3ccccc3c2)[nH]c1=O. The highest BCUT2D eigenvalue weighted by Crippen LogP contribution is 2.22. The standard InChI is InChI=1S/C23H20N2O3/c26-22(24-13-3-7-19-8-4-14-28-19)20-11-12-21(25-23(20)27)18-10-9-16-5-1-2-6-17(16)15-18/h1-2,4-6,8-12,14-15H,3,7,13H2,(H,24,26)(H,25,27). The Hall–Kier alpha value is -3.60. The van der Waals surface area contributed by atoms with Crippen LogP contribution >= 0.6 is 0 Å². The van der Waals surface area contributed by atoms with Gasteiger partial charge in [0.05, 0.1) is 6.26 Å². The topological polar surface area (TPSA) is 75.1 Å². The van der Waals surface area contributed by atoms with Crippen LogP contribution in [0.5, 0.6) is 0 Å². The third-order valence-corrected chi connectivity index (χ3v) is 4.68. The molecule has 2 N–H and O–H groups in total. The third kappa shape index (κ3) is 3.88. The molecule has 0 radical (unpaired) electrons. The van der Waals surface area contributed by atoms with Crippen LogP contribution in [0.4, 0.5) is 0 Å². The Labute approximate surface area is 162 Å². The van der Waals surface area contributed by atoms with E-state index in [0.717, 1.165) is 34.9 Å². The molecule has 0 aliphatic rings. The number of aromatic nitrogens is 1. The first-order valence-corrected chi connectivity index (χ1v) is 9.24. The fourth-order valence-corrected chi connectivity index (χ4v) is 3.19. The summed E-state index contributed by atoms with van der Waals surface area (Å²) in [6.07, 6.45) is 3.11. The highest BCUT2D eigenvalue weighted by atomic mass is 16.3. The molecule has 28 heavy (non-hydrogen) atoms. The second-order valence-corrected chi connectivity index (χ2v) is 6.62. The number of hydrogen-bond acceptors (Lipinski definition) is 3. The van der Waals surface area contributed by atoms with Crippen molar-refractivity contribution in [3.63, 3.8) is 0 Å². The van der Waals surface area contributed by atoms with Gasteiger partial charge in [0.2, 0.25) is 0 Å². The lowest BCUT2D eigenvalue weighted by molar-refractivity contribution is 0.0951. The summed E-state index contributed by atoms with van der Waals surface area (Å²) in [5.41, 5.74) is 1.31. The molecule has 0 saturated carbocycles. The maximum absolute atomic E-state index is 12.4. The number of carbonyl (C=O) groups excluding carboxylic acids is 1. The molecule has 4 aromatic rings. The van der Waals surface area contributed by atoms with E-state index in [0.29, 0.717) is 12.2 Å². The summed E-state index contributed by atoms with van der Waals surface area (Å²) in [4.78, 5) is 27.5. The van der Waals surface area contributed by atoms with Gasteiger partial charge in [-0.25, -0.2) is 0 Å². The Balaban J connectivity index is 1.44. The Morgan fingerprint density at radius 1 is 0.964 bits per heavy atom. The van der Waals surface area contributed by atoms with Gasteiger partial charge in [0.15, 0.2) is 0 Å². The van der Waals surface area contributed by atoms with Gasteiger partial charge in [-0.1, -0.05) is 36.4 Å². The Bertz CT molecular complexity index is 1160. The molecule has 0 aliphatic carbocycles. The van der Waals surface area contributed by atoms with Crippen LogP contribution in [0, 0.1) is 0 Å². The number of benzene rings is 2. The van der Waals surface area contributed by atoms with Crippen molar-refractivity contribution in [2.45, 2.75) is 12.8 Å². The van der Waals surface area contributed by atoms with E-state index < -0.39 is 5.56 Å². The van der Waals surface area contributed by atoms with Crippen molar-refractivity contribution in [2.24, 2.45) is 0 Å². The predicted octanol–water partition coefficient (Wildman–Crippen LogP) is 4.15. The van der Waals surface area contributed by atoms with Crippen molar-refractivity contribution in [3.05, 3.63) is 94.7 Å². The van der Waals surface area contributed by atoms with Gasteiger partial charge in [-0.05, 0) is 53.1 Å². The molecule has 2 heterocycles. The van der Waals surface area contributed by atoms with Crippen molar-refractivity contribution >= 4 is 16.7 Å². The molecule has 2 aromatic heterocycles. The van der Waals surface area contributed by atoms with Crippen molar-refractivity contribution < 1.29 is 9.21 Å². The average Bonchev–Trinajstić information content (AvgIpc) is 3.24. The van der Waals surface area contributed by atoms with Gasteiger partial charge >= 0.3 is 0 Å². The molecule has 0 spiro atoms. The number of aryl methyl sites for hydroxylation is 1. The number of nitrogens with one attached hydrogen (secondary N) is 2. The summed E-state index contributed by atoms with van der Waals surface area (Å²) >= 11 is 0. The lowest BCUT2D eigenvalue weighted by Crippen LogP contribution is -2.30. The molecular weight excluding hydrogens is 352 g/mol. The second kappa shape index (κ2) is 7.96. The molecular formula is C23H20N2O3. The van der Waals surface area contributed by atoms with E-state index >= 15 is 0 Å². The fraction of sp³-hybridized carbons (Fsp3) is 0.130. The van der Waals surface area contributed by atoms with Gasteiger partial charge in [-0.3, -0.25) is 9.59 Å². The van der Waals surface area contributed by atoms with Gasteiger partial charge in [0.1, 0.15) is 11.3 Å². The first-order chi connectivity index (χ1) is 13.7. The van der Waals surface area contributed by atoms with Crippen molar-refractivity contribution in [2.75, 3.05) is 6.54 Å². The zero-order valence-electron chi connectivity index (χ0n) is 15.3. The molecule has 4 rings (SSSR count). The summed E-state index contributed by atoms with van der Waals surface area (Å²) in [6, 6.07) is 21.1. The predicted molar refractivity (Wildman–Crippen MR) is 109 cm³/mol. The smallest absolute Gasteiger partial charge is 0.261 e. The quantitative estimate of drug-likeness (QED) is 0.499. The fourth-order valence-electron chi connectivity index (χ4n) is 3.19. The molecule has 0 fully saturated rings. The molecule has 0 aliphatic heterocycles. The normalized spacial score (nSPS) is 10.9. The van der Waals surface area contributed by atoms with E-state index in [1.807, 2.05) is 54.6 Å². The van der Waals surface area contributed by atoms with E-state index in [1.165, 1.54) is 0 Å². The van der Waals surface area contributed by atoms with E-state index in [9.17, 15) is 9.59 Å². The van der Waals surface area contributed by atoms with Crippen molar-refractivity contribution in [1.29, 1.82) is 0 Å². The van der Waals surface area contributed by atoms with Gasteiger partial charge in [0, 0.05) is 18.7 Å². The van der Waals surface area contributed by atoms with Crippen LogP contribution in [0.2, 0.25) is 0 Å². The van der Waals surface area contributed by atoms with Gasteiger partial charge in [0.25, 0.3) is 11.5 Å². The maximum Gasteiger partial charge on any atom is 0.261 e. The van der Waals surface area contributed by atoms with E-state index in [4.69, 9.17) is 4.42 Å². The summed E-state index contributed by atoms with van der Waals surface area (Å²) in [6.45, 7) is 0.478. The molecule has 1 amide bonds. The highest BCUT2D eigenvalue weighted by molar-refractivity contribution is 5.94. The molecule has 140 valence electrons. The van der Waals surface area contributed by atoms with Crippen LogP contribution in [0.1, 0.15) is 22.5 Å². The molecule has 0 saturated heterocycles. The summed E-state index contributed by atoms with van der Waals surface area (Å²) in [5.74, 6) is 0.512. The summed E-state index contributed by atoms with van der Waals surface area (Å²) in [7, 11) is 0. The molecule has 5 heteroatoms. The number of aromatic amines is 1. The largest absolute Gasteiger partial charge is 0.469 e. The maximum atomic E-state index is 12.4. The molecule has 0 atom stereocenters. The minimum atomic E-state index is -0.394. The van der Waals surface area contributed by atoms with E-state index in [1.54, 1.807) is 18.4 Å². The van der Waals surface area contributed by atoms with E-state index in [-0.39, 0.29) is 11.5 Å². The summed E-state index contributed by atoms with van der Waals surface area (Å²) in [5, 5.41) is 5.02. The number of pyridine rings is 1. The summed E-state index contributed by atoms with van der Waals surface area (Å²) < 4.78 is 5.26. The first-order valence-electron chi connectivity index (χ1n) is 9.24. The lowest BCUT2D eigenvalue weighted by Gasteiger charge is -2.07. The Morgan fingerprint density at radius 3 is 2.61 bits per heavy atom. The van der Waals surface area contributed by atoms with Crippen LogP contribution in [0.15, 0.2) is 82.2 Å². The molecule has 2 aromatic carbocycles. The monoisotopic (exact) mass is 372 g/mol. The average molecular weight is 372 g/mol. The number of amides is 1. The Kier molecular flexibility index (Phi) is 5.06. The van der Waals surface area contributed by atoms with Crippen molar-refractivity contribution in [3.8, 4) is 11.3 Å². The van der Waals surface area contributed by atoms with Crippen LogP contribution in [0.3, 0.4) is 0 Å². The van der Waals surface area contributed by atoms with Crippen LogP contribution in [0.25, 0.3) is 22.0 Å². The molecule has 0 unspecified atom stereocenters. The zero-order valence-corrected chi connectivity index (χ0v) is 15.3. The van der Waals surface area contributed by atoms with Crippen LogP contribution < -0.4 is 10.9 Å². The van der Waals surface area contributed by atoms with Crippen molar-refractivity contribution in [1.82, 2.24) is 10.3 Å². The highest BCUT2D eigenvalue weighted by Gasteiger charge is 2.11. The van der Waals surface area contributed by atoms with Crippen LogP contribution in [-0.2, 0) is 6.42 Å². The van der Waals surface area contributed by atoms with Gasteiger partial charge in [-0.15, -0.1) is 0 Å². The minimum absolute atomic E-state index is 0.113. The number of carbonyl (C=O) groups is 1. The molecule has 0 bridgehead atoms. The number of furan rings is 1. The van der Waals surface area contributed by atoms with E-state index in [2.05, 4.69) is 10.3 Å². The first kappa shape index (κ1) is 17.8. The third-order valence-electron chi connectivity index (χ3n) is 4.68. The number of rotatable bonds is 6. The van der Waals surface area contributed by atoms with Crippen LogP contribution in [-0.4, -0.2) is 17.4 Å². The van der Waals surface area contributed by atoms with Gasteiger partial charge in [-0.2, -0.15) is 0 Å². The minimum Gasteiger partial charge on any atom is -0.469 e. The number of hydrogen-bond donors (Lipinski definition) is 2. The number of H-pyrrole nitrogens is 1. The molecule has 5 nitrogen and oxygen atoms in total. The second-order valence-electron chi connectivity index (χ2n) is 6.62. The Morgan fingerprint density at radius 2 is 1.82 bits per heavy atom. The zero-order chi connectivity index (χ0) is 19.3.